The lowest BCUT2D eigenvalue weighted by Gasteiger charge is -2.47. The minimum absolute atomic E-state index is 0.612. The third kappa shape index (κ3) is 6.66. The van der Waals surface area contributed by atoms with Crippen molar-refractivity contribution in [1.29, 1.82) is 0 Å². The smallest absolute Gasteiger partial charge is 0.340 e. The fourth-order valence-electron chi connectivity index (χ4n) is 5.23. The zero-order valence-corrected chi connectivity index (χ0v) is 24.9. The summed E-state index contributed by atoms with van der Waals surface area (Å²) in [6.45, 7) is 2.28. The van der Waals surface area contributed by atoms with E-state index in [4.69, 9.17) is 23.7 Å². The van der Waals surface area contributed by atoms with Gasteiger partial charge in [0, 0.05) is 20.8 Å². The molecule has 12 nitrogen and oxygen atoms in total. The van der Waals surface area contributed by atoms with Crippen LogP contribution in [0.15, 0.2) is 91.0 Å². The number of hydrogen-bond acceptors (Lipinski definition) is 11. The number of ether oxygens (including phenoxy) is 5. The van der Waals surface area contributed by atoms with Crippen LogP contribution in [0.3, 0.4) is 0 Å². The van der Waals surface area contributed by atoms with E-state index in [1.165, 1.54) is 0 Å². The van der Waals surface area contributed by atoms with Crippen molar-refractivity contribution in [2.24, 2.45) is 0 Å². The zero-order valence-electron chi connectivity index (χ0n) is 24.1. The van der Waals surface area contributed by atoms with Crippen LogP contribution in [-0.4, -0.2) is 72.1 Å². The molecular weight excluding hydrogens is 596 g/mol. The molecule has 3 aromatic rings. The summed E-state index contributed by atoms with van der Waals surface area (Å²) in [5.41, 5.74) is 0.568. The zero-order chi connectivity index (χ0) is 32.1. The lowest BCUT2D eigenvalue weighted by Crippen LogP contribution is -2.70. The molecule has 1 aliphatic heterocycles. The van der Waals surface area contributed by atoms with E-state index in [2.05, 4.69) is 0 Å². The van der Waals surface area contributed by atoms with Gasteiger partial charge < -0.3 is 28.8 Å². The molecule has 0 amide bonds. The van der Waals surface area contributed by atoms with Crippen LogP contribution >= 0.6 is 0 Å². The topological polar surface area (TPSA) is 172 Å². The van der Waals surface area contributed by atoms with Gasteiger partial charge >= 0.3 is 33.1 Å². The molecule has 2 N–H and O–H groups in total. The van der Waals surface area contributed by atoms with Crippen molar-refractivity contribution in [3.05, 3.63) is 108 Å². The van der Waals surface area contributed by atoms with Gasteiger partial charge in [-0.3, -0.25) is 18.9 Å². The van der Waals surface area contributed by atoms with Gasteiger partial charge in [-0.2, -0.15) is 8.42 Å². The Bertz CT molecular complexity index is 1470. The number of carbonyl (C=O) groups is 3. The summed E-state index contributed by atoms with van der Waals surface area (Å²) < 4.78 is 63.1. The molecule has 4 rings (SSSR count). The summed E-state index contributed by atoms with van der Waals surface area (Å²) in [5.74, 6) is -3.03. The van der Waals surface area contributed by atoms with Crippen LogP contribution < -0.4 is 0 Å². The van der Waals surface area contributed by atoms with Crippen LogP contribution in [0.5, 0.6) is 0 Å². The van der Waals surface area contributed by atoms with Crippen molar-refractivity contribution in [3.63, 3.8) is 0 Å². The molecule has 0 aromatic heterocycles. The highest BCUT2D eigenvalue weighted by atomic mass is 32.2. The molecule has 234 valence electrons. The predicted octanol–water partition coefficient (Wildman–Crippen LogP) is 2.72. The third-order valence-corrected chi connectivity index (χ3v) is 8.01. The summed E-state index contributed by atoms with van der Waals surface area (Å²) in [6.07, 6.45) is -7.70. The average Bonchev–Trinajstić information content (AvgIpc) is 2.97. The van der Waals surface area contributed by atoms with Crippen molar-refractivity contribution in [2.45, 2.75) is 55.9 Å². The fraction of sp³-hybridized carbons (Fsp3) is 0.323. The first-order chi connectivity index (χ1) is 20.8. The second-order valence-electron chi connectivity index (χ2n) is 10.0. The molecule has 5 atom stereocenters. The molecule has 1 aliphatic rings. The van der Waals surface area contributed by atoms with Gasteiger partial charge in [-0.15, -0.1) is 0 Å². The number of benzene rings is 3. The van der Waals surface area contributed by atoms with Crippen molar-refractivity contribution in [2.75, 3.05) is 6.61 Å². The lowest BCUT2D eigenvalue weighted by molar-refractivity contribution is -0.320. The van der Waals surface area contributed by atoms with Crippen molar-refractivity contribution in [1.82, 2.24) is 0 Å². The van der Waals surface area contributed by atoms with Crippen molar-refractivity contribution in [3.8, 4) is 0 Å². The molecule has 3 aromatic carbocycles. The molecular formula is C31H32O12S. The minimum Gasteiger partial charge on any atom is -0.456 e. The van der Waals surface area contributed by atoms with E-state index in [-0.39, 0.29) is 0 Å². The maximum Gasteiger partial charge on any atom is 0.340 e. The normalized spacial score (nSPS) is 23.8. The van der Waals surface area contributed by atoms with Gasteiger partial charge in [0.25, 0.3) is 0 Å². The molecule has 13 heteroatoms. The summed E-state index contributed by atoms with van der Waals surface area (Å²) >= 11 is 0. The number of aliphatic hydroxyl groups is 1. The number of rotatable bonds is 10. The highest BCUT2D eigenvalue weighted by Crippen LogP contribution is 2.43. The summed E-state index contributed by atoms with van der Waals surface area (Å²) in [4.78, 5) is 36.3. The second-order valence-corrected chi connectivity index (χ2v) is 11.6. The predicted molar refractivity (Wildman–Crippen MR) is 153 cm³/mol. The number of carbonyl (C=O) groups excluding carboxylic acids is 3. The van der Waals surface area contributed by atoms with E-state index in [1.54, 1.807) is 36.4 Å². The number of esters is 3. The highest BCUT2D eigenvalue weighted by Gasteiger charge is 2.66. The SMILES string of the molecule is CC(=O)O[C@H]1[C@H](OC(C)=O)[C@@H](COC(c2ccccc2)(c2ccccc2)c2ccccc2)O[C@@](O)(S(=O)(=O)O)[C@@H]1OC(C)=O. The van der Waals surface area contributed by atoms with E-state index >= 15 is 0 Å². The molecule has 0 saturated carbocycles. The van der Waals surface area contributed by atoms with Crippen LogP contribution in [-0.2, 0) is 53.8 Å². The minimum atomic E-state index is -5.62. The van der Waals surface area contributed by atoms with Crippen LogP contribution in [0.25, 0.3) is 0 Å². The van der Waals surface area contributed by atoms with Gasteiger partial charge in [0.15, 0.2) is 12.2 Å². The molecule has 1 fully saturated rings. The molecule has 0 spiro atoms. The van der Waals surface area contributed by atoms with Gasteiger partial charge in [-0.25, -0.2) is 0 Å². The van der Waals surface area contributed by atoms with Gasteiger partial charge in [0.2, 0.25) is 6.10 Å². The summed E-state index contributed by atoms with van der Waals surface area (Å²) in [5, 5.41) is 7.62. The Balaban J connectivity index is 1.90. The molecule has 0 unspecified atom stereocenters. The van der Waals surface area contributed by atoms with E-state index in [9.17, 15) is 32.5 Å². The van der Waals surface area contributed by atoms with E-state index in [0.29, 0.717) is 16.7 Å². The van der Waals surface area contributed by atoms with Crippen LogP contribution in [0, 0.1) is 0 Å². The molecule has 1 saturated heterocycles. The maximum absolute atomic E-state index is 12.6. The first kappa shape index (κ1) is 32.8. The quantitative estimate of drug-likeness (QED) is 0.146. The lowest BCUT2D eigenvalue weighted by atomic mass is 9.80. The molecule has 0 aliphatic carbocycles. The Morgan fingerprint density at radius 1 is 0.727 bits per heavy atom. The summed E-state index contributed by atoms with van der Waals surface area (Å²) in [6, 6.07) is 27.2. The Morgan fingerprint density at radius 3 is 1.48 bits per heavy atom. The van der Waals surface area contributed by atoms with Crippen molar-refractivity contribution >= 4 is 28.0 Å². The van der Waals surface area contributed by atoms with Crippen molar-refractivity contribution < 1.29 is 56.1 Å². The van der Waals surface area contributed by atoms with Gasteiger partial charge in [-0.1, -0.05) is 91.0 Å². The Hall–Kier alpha value is -4.14. The highest BCUT2D eigenvalue weighted by molar-refractivity contribution is 7.86. The largest absolute Gasteiger partial charge is 0.456 e. The van der Waals surface area contributed by atoms with E-state index < -0.39 is 69.8 Å². The summed E-state index contributed by atoms with van der Waals surface area (Å²) in [7, 11) is -5.62. The average molecular weight is 629 g/mol. The van der Waals surface area contributed by atoms with Gasteiger partial charge in [0.05, 0.1) is 6.61 Å². The van der Waals surface area contributed by atoms with Gasteiger partial charge in [0.1, 0.15) is 11.7 Å². The first-order valence-corrected chi connectivity index (χ1v) is 14.9. The van der Waals surface area contributed by atoms with Gasteiger partial charge in [-0.05, 0) is 16.7 Å². The van der Waals surface area contributed by atoms with E-state index in [1.807, 2.05) is 54.6 Å². The molecule has 0 radical (unpaired) electrons. The van der Waals surface area contributed by atoms with E-state index in [0.717, 1.165) is 20.8 Å². The monoisotopic (exact) mass is 628 g/mol. The third-order valence-electron chi connectivity index (χ3n) is 6.94. The first-order valence-electron chi connectivity index (χ1n) is 13.5. The Kier molecular flexibility index (Phi) is 9.86. The molecule has 1 heterocycles. The second kappa shape index (κ2) is 13.2. The molecule has 44 heavy (non-hydrogen) atoms. The standard InChI is InChI=1S/C31H32O12S/c1-20(32)40-27-26(43-31(35,44(36,37)38)29(42-22(3)34)28(27)41-21(2)33)19-39-30(23-13-7-4-8-14-23,24-15-9-5-10-16-24)25-17-11-6-12-18-25/h4-18,26-29,35H,19H2,1-3H3,(H,36,37,38)/t26-,27-,28+,29-,31-/m1/s1. The molecule has 0 bridgehead atoms. The maximum atomic E-state index is 12.6. The van der Waals surface area contributed by atoms with Crippen LogP contribution in [0.4, 0.5) is 0 Å². The van der Waals surface area contributed by atoms with Crippen LogP contribution in [0.2, 0.25) is 0 Å². The Morgan fingerprint density at radius 2 is 1.11 bits per heavy atom. The number of hydrogen-bond donors (Lipinski definition) is 2. The van der Waals surface area contributed by atoms with Crippen LogP contribution in [0.1, 0.15) is 37.5 Å². The fourth-order valence-corrected chi connectivity index (χ4v) is 5.95. The Labute approximate surface area is 254 Å².